The number of carbonyl (C=O) groups is 1. The maximum absolute atomic E-state index is 12.6. The van der Waals surface area contributed by atoms with Gasteiger partial charge in [0, 0.05) is 32.1 Å². The van der Waals surface area contributed by atoms with Crippen molar-refractivity contribution in [3.63, 3.8) is 0 Å². The SMILES string of the molecule is COC(C)C1NCCN(Cc2ccc3c(N)ncnc3c2)C1=O. The van der Waals surface area contributed by atoms with Crippen LogP contribution in [0, 0.1) is 0 Å². The highest BCUT2D eigenvalue weighted by Gasteiger charge is 2.32. The molecule has 3 N–H and O–H groups in total. The summed E-state index contributed by atoms with van der Waals surface area (Å²) >= 11 is 0. The number of benzene rings is 1. The first-order valence-electron chi connectivity index (χ1n) is 7.64. The third kappa shape index (κ3) is 3.11. The minimum atomic E-state index is -0.299. The minimum absolute atomic E-state index is 0.0629. The second kappa shape index (κ2) is 6.47. The third-order valence-electron chi connectivity index (χ3n) is 4.27. The van der Waals surface area contributed by atoms with E-state index in [4.69, 9.17) is 10.5 Å². The van der Waals surface area contributed by atoms with E-state index in [0.717, 1.165) is 23.0 Å². The molecule has 1 amide bonds. The van der Waals surface area contributed by atoms with Crippen LogP contribution in [0.1, 0.15) is 12.5 Å². The third-order valence-corrected chi connectivity index (χ3v) is 4.27. The Kier molecular flexibility index (Phi) is 4.40. The van der Waals surface area contributed by atoms with E-state index in [0.29, 0.717) is 18.9 Å². The second-order valence-electron chi connectivity index (χ2n) is 5.74. The summed E-state index contributed by atoms with van der Waals surface area (Å²) in [6.45, 7) is 3.88. The van der Waals surface area contributed by atoms with Crippen molar-refractivity contribution in [2.75, 3.05) is 25.9 Å². The molecule has 23 heavy (non-hydrogen) atoms. The fourth-order valence-corrected chi connectivity index (χ4v) is 2.85. The molecular weight excluding hydrogens is 294 g/mol. The summed E-state index contributed by atoms with van der Waals surface area (Å²) in [5.74, 6) is 0.529. The monoisotopic (exact) mass is 315 g/mol. The molecule has 7 nitrogen and oxygen atoms in total. The normalized spacial score (nSPS) is 20.0. The highest BCUT2D eigenvalue weighted by Crippen LogP contribution is 2.19. The Morgan fingerprint density at radius 1 is 1.48 bits per heavy atom. The number of methoxy groups -OCH3 is 1. The van der Waals surface area contributed by atoms with Crippen molar-refractivity contribution in [3.8, 4) is 0 Å². The van der Waals surface area contributed by atoms with Gasteiger partial charge >= 0.3 is 0 Å². The molecule has 2 unspecified atom stereocenters. The fourth-order valence-electron chi connectivity index (χ4n) is 2.85. The fraction of sp³-hybridized carbons (Fsp3) is 0.438. The van der Waals surface area contributed by atoms with Crippen molar-refractivity contribution in [2.45, 2.75) is 25.6 Å². The molecule has 1 aliphatic rings. The summed E-state index contributed by atoms with van der Waals surface area (Å²) in [4.78, 5) is 22.7. The van der Waals surface area contributed by atoms with Crippen molar-refractivity contribution in [1.82, 2.24) is 20.2 Å². The number of nitrogens with zero attached hydrogens (tertiary/aromatic N) is 3. The Labute approximate surface area is 134 Å². The van der Waals surface area contributed by atoms with Gasteiger partial charge in [0.1, 0.15) is 18.2 Å². The lowest BCUT2D eigenvalue weighted by atomic mass is 10.1. The Hall–Kier alpha value is -2.25. The number of piperazine rings is 1. The highest BCUT2D eigenvalue weighted by molar-refractivity contribution is 5.88. The molecular formula is C16H21N5O2. The van der Waals surface area contributed by atoms with Gasteiger partial charge in [-0.1, -0.05) is 6.07 Å². The van der Waals surface area contributed by atoms with E-state index in [1.165, 1.54) is 6.33 Å². The quantitative estimate of drug-likeness (QED) is 0.856. The number of aromatic nitrogens is 2. The van der Waals surface area contributed by atoms with Gasteiger partial charge in [0.05, 0.1) is 11.6 Å². The summed E-state index contributed by atoms with van der Waals surface area (Å²) in [5, 5.41) is 4.05. The van der Waals surface area contributed by atoms with E-state index in [9.17, 15) is 4.79 Å². The number of amides is 1. The van der Waals surface area contributed by atoms with Gasteiger partial charge < -0.3 is 20.7 Å². The van der Waals surface area contributed by atoms with Crippen LogP contribution in [0.4, 0.5) is 5.82 Å². The molecule has 0 aliphatic carbocycles. The zero-order chi connectivity index (χ0) is 16.4. The van der Waals surface area contributed by atoms with Crippen molar-refractivity contribution < 1.29 is 9.53 Å². The predicted octanol–water partition coefficient (Wildman–Crippen LogP) is 0.547. The molecule has 122 valence electrons. The van der Waals surface area contributed by atoms with Gasteiger partial charge in [0.2, 0.25) is 5.91 Å². The number of carbonyl (C=O) groups excluding carboxylic acids is 1. The zero-order valence-electron chi connectivity index (χ0n) is 13.3. The van der Waals surface area contributed by atoms with Gasteiger partial charge in [-0.25, -0.2) is 9.97 Å². The van der Waals surface area contributed by atoms with Gasteiger partial charge in [-0.05, 0) is 24.6 Å². The van der Waals surface area contributed by atoms with Gasteiger partial charge in [0.25, 0.3) is 0 Å². The van der Waals surface area contributed by atoms with E-state index in [1.807, 2.05) is 30.0 Å². The number of hydrogen-bond acceptors (Lipinski definition) is 6. The highest BCUT2D eigenvalue weighted by atomic mass is 16.5. The number of hydrogen-bond donors (Lipinski definition) is 2. The molecule has 0 spiro atoms. The molecule has 2 atom stereocenters. The smallest absolute Gasteiger partial charge is 0.242 e. The summed E-state index contributed by atoms with van der Waals surface area (Å²) in [7, 11) is 1.62. The predicted molar refractivity (Wildman–Crippen MR) is 87.6 cm³/mol. The molecule has 1 aromatic heterocycles. The number of anilines is 1. The number of nitrogens with one attached hydrogen (secondary N) is 1. The zero-order valence-corrected chi connectivity index (χ0v) is 13.3. The first kappa shape index (κ1) is 15.6. The van der Waals surface area contributed by atoms with E-state index in [1.54, 1.807) is 7.11 Å². The van der Waals surface area contributed by atoms with E-state index >= 15 is 0 Å². The van der Waals surface area contributed by atoms with Crippen molar-refractivity contribution in [3.05, 3.63) is 30.1 Å². The molecule has 2 heterocycles. The van der Waals surface area contributed by atoms with Crippen molar-refractivity contribution >= 4 is 22.6 Å². The Balaban J connectivity index is 1.80. The lowest BCUT2D eigenvalue weighted by molar-refractivity contribution is -0.140. The van der Waals surface area contributed by atoms with Crippen LogP contribution >= 0.6 is 0 Å². The molecule has 1 aliphatic heterocycles. The molecule has 3 rings (SSSR count). The van der Waals surface area contributed by atoms with Gasteiger partial charge in [-0.15, -0.1) is 0 Å². The summed E-state index contributed by atoms with van der Waals surface area (Å²) in [6, 6.07) is 5.53. The topological polar surface area (TPSA) is 93.4 Å². The first-order chi connectivity index (χ1) is 11.1. The van der Waals surface area contributed by atoms with Crippen LogP contribution in [0.2, 0.25) is 0 Å². The van der Waals surface area contributed by atoms with Crippen LogP contribution < -0.4 is 11.1 Å². The Bertz CT molecular complexity index is 721. The summed E-state index contributed by atoms with van der Waals surface area (Å²) in [6.07, 6.45) is 1.29. The van der Waals surface area contributed by atoms with Crippen LogP contribution in [-0.4, -0.2) is 53.1 Å². The Morgan fingerprint density at radius 3 is 3.09 bits per heavy atom. The molecule has 1 fully saturated rings. The largest absolute Gasteiger partial charge is 0.383 e. The van der Waals surface area contributed by atoms with Crippen LogP contribution in [0.3, 0.4) is 0 Å². The average Bonchev–Trinajstić information content (AvgIpc) is 2.56. The maximum Gasteiger partial charge on any atom is 0.242 e. The van der Waals surface area contributed by atoms with Crippen molar-refractivity contribution in [1.29, 1.82) is 0 Å². The van der Waals surface area contributed by atoms with E-state index < -0.39 is 0 Å². The van der Waals surface area contributed by atoms with Gasteiger partial charge in [-0.2, -0.15) is 0 Å². The summed E-state index contributed by atoms with van der Waals surface area (Å²) < 4.78 is 5.29. The number of nitrogen functional groups attached to an aromatic ring is 1. The first-order valence-corrected chi connectivity index (χ1v) is 7.64. The van der Waals surface area contributed by atoms with Gasteiger partial charge in [0.15, 0.2) is 0 Å². The number of nitrogens with two attached hydrogens (primary N) is 1. The van der Waals surface area contributed by atoms with E-state index in [2.05, 4.69) is 15.3 Å². The molecule has 0 radical (unpaired) electrons. The Morgan fingerprint density at radius 2 is 2.30 bits per heavy atom. The number of fused-ring (bicyclic) bond motifs is 1. The standard InChI is InChI=1S/C16H21N5O2/c1-10(23-2)14-16(22)21(6-5-18-14)8-11-3-4-12-13(7-11)19-9-20-15(12)17/h3-4,7,9-10,14,18H,5-6,8H2,1-2H3,(H2,17,19,20). The molecule has 7 heteroatoms. The van der Waals surface area contributed by atoms with Crippen LogP contribution in [0.25, 0.3) is 10.9 Å². The average molecular weight is 315 g/mol. The lowest BCUT2D eigenvalue weighted by Crippen LogP contribution is -2.58. The van der Waals surface area contributed by atoms with Gasteiger partial charge in [-0.3, -0.25) is 4.79 Å². The number of ether oxygens (including phenoxy) is 1. The number of rotatable bonds is 4. The van der Waals surface area contributed by atoms with E-state index in [-0.39, 0.29) is 18.1 Å². The molecule has 1 saturated heterocycles. The van der Waals surface area contributed by atoms with Crippen LogP contribution in [0.5, 0.6) is 0 Å². The molecule has 1 aromatic carbocycles. The van der Waals surface area contributed by atoms with Crippen molar-refractivity contribution in [2.24, 2.45) is 0 Å². The molecule has 0 saturated carbocycles. The molecule has 0 bridgehead atoms. The molecule has 2 aromatic rings. The van der Waals surface area contributed by atoms with Crippen LogP contribution in [0.15, 0.2) is 24.5 Å². The van der Waals surface area contributed by atoms with Crippen LogP contribution in [-0.2, 0) is 16.1 Å². The summed E-state index contributed by atoms with van der Waals surface area (Å²) in [5.41, 5.74) is 7.66. The maximum atomic E-state index is 12.6. The lowest BCUT2D eigenvalue weighted by Gasteiger charge is -2.35. The minimum Gasteiger partial charge on any atom is -0.383 e. The second-order valence-corrected chi connectivity index (χ2v) is 5.74.